The lowest BCUT2D eigenvalue weighted by Gasteiger charge is -2.09. The third-order valence-corrected chi connectivity index (χ3v) is 2.87. The Balaban J connectivity index is 1.82. The molecule has 0 aliphatic heterocycles. The van der Waals surface area contributed by atoms with Crippen LogP contribution in [0.4, 0.5) is 13.2 Å². The highest BCUT2D eigenvalue weighted by Gasteiger charge is 2.30. The Kier molecular flexibility index (Phi) is 5.57. The molecule has 2 aromatic rings. The molecule has 0 aliphatic carbocycles. The number of hydrogen-bond acceptors (Lipinski definition) is 5. The zero-order chi connectivity index (χ0) is 18.4. The summed E-state index contributed by atoms with van der Waals surface area (Å²) in [5.74, 6) is -1.82. The highest BCUT2D eigenvalue weighted by atomic mass is 19.4. The van der Waals surface area contributed by atoms with E-state index in [1.54, 1.807) is 0 Å². The number of carboxylic acid groups (broad SMARTS) is 1. The minimum Gasteiger partial charge on any atom is -0.480 e. The van der Waals surface area contributed by atoms with Gasteiger partial charge in [0.2, 0.25) is 5.91 Å². The fraction of sp³-hybridized carbons (Fsp3) is 0.286. The summed E-state index contributed by atoms with van der Waals surface area (Å²) in [6.07, 6.45) is -3.43. The van der Waals surface area contributed by atoms with Gasteiger partial charge in [-0.2, -0.15) is 0 Å². The summed E-state index contributed by atoms with van der Waals surface area (Å²) in [6.45, 7) is -0.291. The molecule has 0 unspecified atom stereocenters. The van der Waals surface area contributed by atoms with Crippen LogP contribution in [0.25, 0.3) is 0 Å². The summed E-state index contributed by atoms with van der Waals surface area (Å²) in [5, 5.41) is 18.5. The molecular weight excluding hydrogens is 345 g/mol. The van der Waals surface area contributed by atoms with Crippen LogP contribution in [-0.2, 0) is 29.1 Å². The van der Waals surface area contributed by atoms with Crippen LogP contribution in [-0.4, -0.2) is 38.3 Å². The average Bonchev–Trinajstić information content (AvgIpc) is 2.92. The number of carboxylic acids is 1. The number of aliphatic carboxylic acids is 1. The number of nitrogens with one attached hydrogen (secondary N) is 1. The molecule has 0 atom stereocenters. The van der Waals surface area contributed by atoms with Crippen LogP contribution in [0.15, 0.2) is 30.5 Å². The molecular formula is C14H13F3N4O4. The van der Waals surface area contributed by atoms with Crippen LogP contribution in [0.2, 0.25) is 0 Å². The molecule has 2 rings (SSSR count). The van der Waals surface area contributed by atoms with Crippen molar-refractivity contribution < 1.29 is 32.6 Å². The van der Waals surface area contributed by atoms with Crippen molar-refractivity contribution >= 4 is 11.9 Å². The third-order valence-electron chi connectivity index (χ3n) is 2.87. The van der Waals surface area contributed by atoms with Gasteiger partial charge >= 0.3 is 12.3 Å². The minimum absolute atomic E-state index is 0.0461. The maximum absolute atomic E-state index is 12.1. The Labute approximate surface area is 139 Å². The normalized spacial score (nSPS) is 11.2. The van der Waals surface area contributed by atoms with E-state index in [4.69, 9.17) is 5.11 Å². The second-order valence-corrected chi connectivity index (χ2v) is 4.95. The van der Waals surface area contributed by atoms with Gasteiger partial charge in [-0.05, 0) is 17.7 Å². The predicted octanol–water partition coefficient (Wildman–Crippen LogP) is 1.12. The number of halogens is 3. The molecule has 1 aromatic heterocycles. The number of carbonyl (C=O) groups excluding carboxylic acids is 1. The van der Waals surface area contributed by atoms with Crippen molar-refractivity contribution in [3.8, 4) is 5.75 Å². The van der Waals surface area contributed by atoms with Gasteiger partial charge in [-0.15, -0.1) is 18.3 Å². The van der Waals surface area contributed by atoms with Crippen LogP contribution >= 0.6 is 0 Å². The fourth-order valence-corrected chi connectivity index (χ4v) is 1.88. The van der Waals surface area contributed by atoms with Crippen molar-refractivity contribution in [1.29, 1.82) is 0 Å². The van der Waals surface area contributed by atoms with Gasteiger partial charge < -0.3 is 15.2 Å². The van der Waals surface area contributed by atoms with Gasteiger partial charge in [-0.1, -0.05) is 17.3 Å². The minimum atomic E-state index is -4.77. The van der Waals surface area contributed by atoms with Crippen molar-refractivity contribution in [2.24, 2.45) is 0 Å². The number of amides is 1. The molecule has 0 saturated carbocycles. The van der Waals surface area contributed by atoms with Crippen molar-refractivity contribution in [2.45, 2.75) is 25.9 Å². The third kappa shape index (κ3) is 6.49. The van der Waals surface area contributed by atoms with Gasteiger partial charge in [0, 0.05) is 0 Å². The molecule has 8 nitrogen and oxygen atoms in total. The molecule has 0 bridgehead atoms. The summed E-state index contributed by atoms with van der Waals surface area (Å²) in [6, 6.07) is 4.94. The molecule has 1 aromatic carbocycles. The van der Waals surface area contributed by atoms with Crippen LogP contribution in [0, 0.1) is 0 Å². The van der Waals surface area contributed by atoms with Crippen molar-refractivity contribution in [1.82, 2.24) is 20.3 Å². The number of benzene rings is 1. The maximum atomic E-state index is 12.1. The van der Waals surface area contributed by atoms with Gasteiger partial charge in [0.1, 0.15) is 18.0 Å². The Hall–Kier alpha value is -3.11. The van der Waals surface area contributed by atoms with Gasteiger partial charge in [-0.3, -0.25) is 9.59 Å². The second-order valence-electron chi connectivity index (χ2n) is 4.95. The van der Waals surface area contributed by atoms with Gasteiger partial charge in [0.05, 0.1) is 19.2 Å². The van der Waals surface area contributed by atoms with E-state index in [1.807, 2.05) is 0 Å². The molecule has 0 fully saturated rings. The van der Waals surface area contributed by atoms with Gasteiger partial charge in [0.15, 0.2) is 0 Å². The van der Waals surface area contributed by atoms with E-state index >= 15 is 0 Å². The molecule has 0 spiro atoms. The zero-order valence-corrected chi connectivity index (χ0v) is 12.7. The van der Waals surface area contributed by atoms with E-state index in [9.17, 15) is 22.8 Å². The lowest BCUT2D eigenvalue weighted by atomic mass is 10.1. The Bertz CT molecular complexity index is 743. The topological polar surface area (TPSA) is 106 Å². The first kappa shape index (κ1) is 18.2. The summed E-state index contributed by atoms with van der Waals surface area (Å²) in [7, 11) is 0. The molecule has 25 heavy (non-hydrogen) atoms. The van der Waals surface area contributed by atoms with Crippen LogP contribution in [0.3, 0.4) is 0 Å². The Morgan fingerprint density at radius 1 is 1.24 bits per heavy atom. The van der Waals surface area contributed by atoms with E-state index in [2.05, 4.69) is 20.4 Å². The quantitative estimate of drug-likeness (QED) is 0.768. The first-order chi connectivity index (χ1) is 11.7. The van der Waals surface area contributed by atoms with E-state index in [0.29, 0.717) is 11.3 Å². The first-order valence-electron chi connectivity index (χ1n) is 6.93. The summed E-state index contributed by atoms with van der Waals surface area (Å²) in [5.41, 5.74) is 0.880. The summed E-state index contributed by atoms with van der Waals surface area (Å²) < 4.78 is 41.0. The zero-order valence-electron chi connectivity index (χ0n) is 12.7. The summed E-state index contributed by atoms with van der Waals surface area (Å²) in [4.78, 5) is 22.3. The van der Waals surface area contributed by atoms with E-state index in [-0.39, 0.29) is 31.2 Å². The first-order valence-corrected chi connectivity index (χ1v) is 6.93. The number of ether oxygens (including phenoxy) is 1. The average molecular weight is 358 g/mol. The summed E-state index contributed by atoms with van der Waals surface area (Å²) >= 11 is 0. The molecule has 0 saturated heterocycles. The van der Waals surface area contributed by atoms with Crippen molar-refractivity contribution in [3.63, 3.8) is 0 Å². The SMILES string of the molecule is O=C(O)Cn1cc(CNC(=O)Cc2ccc(OC(F)(F)F)cc2)nn1. The number of rotatable bonds is 7. The van der Waals surface area contributed by atoms with E-state index in [0.717, 1.165) is 16.8 Å². The number of alkyl halides is 3. The maximum Gasteiger partial charge on any atom is 0.573 e. The van der Waals surface area contributed by atoms with Crippen molar-refractivity contribution in [3.05, 3.63) is 41.7 Å². The largest absolute Gasteiger partial charge is 0.573 e. The highest BCUT2D eigenvalue weighted by Crippen LogP contribution is 2.22. The molecule has 1 heterocycles. The number of nitrogens with zero attached hydrogens (tertiary/aromatic N) is 3. The van der Waals surface area contributed by atoms with Crippen molar-refractivity contribution in [2.75, 3.05) is 0 Å². The van der Waals surface area contributed by atoms with Crippen LogP contribution in [0.5, 0.6) is 5.75 Å². The molecule has 134 valence electrons. The Morgan fingerprint density at radius 3 is 2.52 bits per heavy atom. The smallest absolute Gasteiger partial charge is 0.480 e. The predicted molar refractivity (Wildman–Crippen MR) is 76.3 cm³/mol. The standard InChI is InChI=1S/C14H13F3N4O4/c15-14(16,17)25-11-3-1-9(2-4-11)5-12(22)18-6-10-7-21(20-19-10)8-13(23)24/h1-4,7H,5-6,8H2,(H,18,22)(H,23,24). The van der Waals surface area contributed by atoms with Gasteiger partial charge in [-0.25, -0.2) is 4.68 Å². The molecule has 11 heteroatoms. The van der Waals surface area contributed by atoms with E-state index < -0.39 is 12.3 Å². The molecule has 2 N–H and O–H groups in total. The van der Waals surface area contributed by atoms with E-state index in [1.165, 1.54) is 18.3 Å². The van der Waals surface area contributed by atoms with Gasteiger partial charge in [0.25, 0.3) is 0 Å². The number of aromatic nitrogens is 3. The lowest BCUT2D eigenvalue weighted by molar-refractivity contribution is -0.274. The number of carbonyl (C=O) groups is 2. The highest BCUT2D eigenvalue weighted by molar-refractivity contribution is 5.78. The second kappa shape index (κ2) is 7.64. The monoisotopic (exact) mass is 358 g/mol. The molecule has 0 radical (unpaired) electrons. The molecule has 0 aliphatic rings. The Morgan fingerprint density at radius 2 is 1.92 bits per heavy atom. The lowest BCUT2D eigenvalue weighted by Crippen LogP contribution is -2.24. The van der Waals surface area contributed by atoms with Crippen LogP contribution in [0.1, 0.15) is 11.3 Å². The fourth-order valence-electron chi connectivity index (χ4n) is 1.88. The number of hydrogen-bond donors (Lipinski definition) is 2. The van der Waals surface area contributed by atoms with Crippen LogP contribution < -0.4 is 10.1 Å². The molecule has 1 amide bonds.